The molecule has 0 saturated heterocycles. The zero-order valence-corrected chi connectivity index (χ0v) is 14.9. The van der Waals surface area contributed by atoms with E-state index in [1.807, 2.05) is 35.6 Å². The Morgan fingerprint density at radius 1 is 1.16 bits per heavy atom. The molecule has 0 saturated carbocycles. The van der Waals surface area contributed by atoms with Gasteiger partial charge in [-0.25, -0.2) is 15.0 Å². The molecular weight excluding hydrogens is 336 g/mol. The van der Waals surface area contributed by atoms with Crippen molar-refractivity contribution in [3.63, 3.8) is 0 Å². The highest BCUT2D eigenvalue weighted by Crippen LogP contribution is 2.33. The Morgan fingerprint density at radius 3 is 2.72 bits per heavy atom. The van der Waals surface area contributed by atoms with Crippen LogP contribution in [0.25, 0.3) is 28.1 Å². The van der Waals surface area contributed by atoms with Gasteiger partial charge in [0.15, 0.2) is 5.65 Å². The number of halogens is 1. The van der Waals surface area contributed by atoms with Crippen molar-refractivity contribution in [2.45, 2.75) is 26.4 Å². The van der Waals surface area contributed by atoms with Gasteiger partial charge in [0, 0.05) is 11.8 Å². The summed E-state index contributed by atoms with van der Waals surface area (Å²) in [7, 11) is 0. The van der Waals surface area contributed by atoms with E-state index in [1.54, 1.807) is 32.3 Å². The molecule has 0 unspecified atom stereocenters. The Balaban J connectivity index is 2.09. The molecule has 0 bridgehead atoms. The zero-order valence-electron chi connectivity index (χ0n) is 14.2. The predicted molar refractivity (Wildman–Crippen MR) is 98.7 cm³/mol. The van der Waals surface area contributed by atoms with Crippen LogP contribution in [0.1, 0.15) is 25.1 Å². The fourth-order valence-electron chi connectivity index (χ4n) is 2.97. The molecule has 4 aromatic rings. The first-order chi connectivity index (χ1) is 11.9. The quantitative estimate of drug-likeness (QED) is 0.589. The Hall–Kier alpha value is -2.50. The second-order valence-corrected chi connectivity index (χ2v) is 7.01. The van der Waals surface area contributed by atoms with Crippen molar-refractivity contribution in [1.29, 1.82) is 0 Å². The van der Waals surface area contributed by atoms with Gasteiger partial charge in [-0.15, -0.1) is 0 Å². The summed E-state index contributed by atoms with van der Waals surface area (Å²) in [5.41, 5.74) is 3.82. The van der Waals surface area contributed by atoms with E-state index in [4.69, 9.17) is 11.6 Å². The second kappa shape index (κ2) is 5.51. The van der Waals surface area contributed by atoms with Crippen LogP contribution in [0.5, 0.6) is 0 Å². The number of rotatable bonds is 2. The van der Waals surface area contributed by atoms with Crippen molar-refractivity contribution in [3.8, 4) is 11.4 Å². The van der Waals surface area contributed by atoms with Crippen LogP contribution < -0.4 is 0 Å². The minimum atomic E-state index is -0.968. The van der Waals surface area contributed by atoms with Crippen LogP contribution in [0.4, 0.5) is 0 Å². The zero-order chi connectivity index (χ0) is 17.8. The molecule has 0 spiro atoms. The van der Waals surface area contributed by atoms with Gasteiger partial charge in [0.1, 0.15) is 11.3 Å². The van der Waals surface area contributed by atoms with E-state index in [9.17, 15) is 5.11 Å². The van der Waals surface area contributed by atoms with Gasteiger partial charge in [0.05, 0.1) is 28.0 Å². The number of pyridine rings is 1. The SMILES string of the molecule is Cc1nc2cccnc2n2c(-c3cc(C(C)(C)O)ccc3Cl)ncc12. The van der Waals surface area contributed by atoms with Gasteiger partial charge >= 0.3 is 0 Å². The van der Waals surface area contributed by atoms with Crippen molar-refractivity contribution in [1.82, 2.24) is 19.4 Å². The number of hydrogen-bond donors (Lipinski definition) is 1. The Morgan fingerprint density at radius 2 is 1.96 bits per heavy atom. The highest BCUT2D eigenvalue weighted by molar-refractivity contribution is 6.33. The third-order valence-electron chi connectivity index (χ3n) is 4.31. The molecular formula is C19H17ClN4O. The highest BCUT2D eigenvalue weighted by Gasteiger charge is 2.20. The van der Waals surface area contributed by atoms with Gasteiger partial charge < -0.3 is 5.11 Å². The van der Waals surface area contributed by atoms with Gasteiger partial charge in [-0.3, -0.25) is 4.40 Å². The van der Waals surface area contributed by atoms with Gasteiger partial charge in [-0.05, 0) is 50.6 Å². The molecule has 3 aromatic heterocycles. The van der Waals surface area contributed by atoms with Crippen molar-refractivity contribution in [2.75, 3.05) is 0 Å². The Kier molecular flexibility index (Phi) is 3.52. The van der Waals surface area contributed by atoms with E-state index >= 15 is 0 Å². The third kappa shape index (κ3) is 2.56. The summed E-state index contributed by atoms with van der Waals surface area (Å²) in [6.07, 6.45) is 3.51. The summed E-state index contributed by atoms with van der Waals surface area (Å²) in [6, 6.07) is 9.27. The summed E-state index contributed by atoms with van der Waals surface area (Å²) in [4.78, 5) is 13.6. The number of aliphatic hydroxyl groups is 1. The molecule has 5 nitrogen and oxygen atoms in total. The normalized spacial score (nSPS) is 12.2. The number of benzene rings is 1. The van der Waals surface area contributed by atoms with Gasteiger partial charge in [-0.1, -0.05) is 17.7 Å². The first-order valence-electron chi connectivity index (χ1n) is 7.98. The smallest absolute Gasteiger partial charge is 0.164 e. The molecule has 4 rings (SSSR count). The number of fused-ring (bicyclic) bond motifs is 3. The maximum Gasteiger partial charge on any atom is 0.164 e. The summed E-state index contributed by atoms with van der Waals surface area (Å²) >= 11 is 6.46. The van der Waals surface area contributed by atoms with Crippen molar-refractivity contribution in [2.24, 2.45) is 0 Å². The summed E-state index contributed by atoms with van der Waals surface area (Å²) in [5, 5.41) is 10.9. The van der Waals surface area contributed by atoms with Crippen molar-refractivity contribution < 1.29 is 5.11 Å². The molecule has 0 amide bonds. The fourth-order valence-corrected chi connectivity index (χ4v) is 3.18. The molecule has 0 atom stereocenters. The largest absolute Gasteiger partial charge is 0.386 e. The van der Waals surface area contributed by atoms with Crippen LogP contribution in [-0.4, -0.2) is 24.5 Å². The molecule has 25 heavy (non-hydrogen) atoms. The molecule has 0 aliphatic rings. The lowest BCUT2D eigenvalue weighted by Crippen LogP contribution is -2.15. The van der Waals surface area contributed by atoms with E-state index in [2.05, 4.69) is 15.0 Å². The van der Waals surface area contributed by atoms with Crippen LogP contribution >= 0.6 is 11.6 Å². The topological polar surface area (TPSA) is 63.3 Å². The van der Waals surface area contributed by atoms with E-state index in [0.29, 0.717) is 10.8 Å². The van der Waals surface area contributed by atoms with Crippen molar-refractivity contribution in [3.05, 3.63) is 59.0 Å². The molecule has 3 heterocycles. The molecule has 0 fully saturated rings. The van der Waals surface area contributed by atoms with Gasteiger partial charge in [0.2, 0.25) is 0 Å². The first kappa shape index (κ1) is 16.0. The molecule has 1 aromatic carbocycles. The molecule has 6 heteroatoms. The van der Waals surface area contributed by atoms with E-state index in [-0.39, 0.29) is 0 Å². The maximum atomic E-state index is 10.3. The van der Waals surface area contributed by atoms with E-state index < -0.39 is 5.60 Å². The molecule has 0 aliphatic heterocycles. The average molecular weight is 353 g/mol. The summed E-state index contributed by atoms with van der Waals surface area (Å²) in [5.74, 6) is 0.681. The van der Waals surface area contributed by atoms with Crippen molar-refractivity contribution >= 4 is 28.3 Å². The fraction of sp³-hybridized carbons (Fsp3) is 0.211. The summed E-state index contributed by atoms with van der Waals surface area (Å²) < 4.78 is 1.97. The lowest BCUT2D eigenvalue weighted by molar-refractivity contribution is 0.0786. The van der Waals surface area contributed by atoms with Gasteiger partial charge in [-0.2, -0.15) is 0 Å². The van der Waals surface area contributed by atoms with Gasteiger partial charge in [0.25, 0.3) is 0 Å². The van der Waals surface area contributed by atoms with Crippen LogP contribution in [0, 0.1) is 6.92 Å². The highest BCUT2D eigenvalue weighted by atomic mass is 35.5. The van der Waals surface area contributed by atoms with Crippen LogP contribution in [-0.2, 0) is 5.60 Å². The minimum absolute atomic E-state index is 0.569. The molecule has 0 radical (unpaired) electrons. The third-order valence-corrected chi connectivity index (χ3v) is 4.64. The van der Waals surface area contributed by atoms with Crippen LogP contribution in [0.3, 0.4) is 0 Å². The monoisotopic (exact) mass is 352 g/mol. The maximum absolute atomic E-state index is 10.3. The van der Waals surface area contributed by atoms with Crippen LogP contribution in [0.15, 0.2) is 42.7 Å². The predicted octanol–water partition coefficient (Wildman–Crippen LogP) is 4.13. The number of imidazole rings is 1. The van der Waals surface area contributed by atoms with E-state index in [0.717, 1.165) is 33.5 Å². The minimum Gasteiger partial charge on any atom is -0.386 e. The Bertz CT molecular complexity index is 1110. The number of aromatic nitrogens is 4. The Labute approximate surface area is 150 Å². The number of hydrogen-bond acceptors (Lipinski definition) is 4. The lowest BCUT2D eigenvalue weighted by Gasteiger charge is -2.19. The van der Waals surface area contributed by atoms with E-state index in [1.165, 1.54) is 0 Å². The second-order valence-electron chi connectivity index (χ2n) is 6.60. The number of nitrogens with zero attached hydrogens (tertiary/aromatic N) is 4. The molecule has 126 valence electrons. The molecule has 1 N–H and O–H groups in total. The first-order valence-corrected chi connectivity index (χ1v) is 8.35. The number of aryl methyl sites for hydroxylation is 1. The van der Waals surface area contributed by atoms with Crippen LogP contribution in [0.2, 0.25) is 5.02 Å². The molecule has 0 aliphatic carbocycles. The average Bonchev–Trinajstić information content (AvgIpc) is 3.00. The standard InChI is InChI=1S/C19H17ClN4O/c1-11-16-10-22-17(24(16)18-15(23-11)5-4-8-21-18)13-9-12(19(2,3)25)6-7-14(13)20/h4-10,25H,1-3H3. The lowest BCUT2D eigenvalue weighted by atomic mass is 9.96. The summed E-state index contributed by atoms with van der Waals surface area (Å²) in [6.45, 7) is 5.44.